The lowest BCUT2D eigenvalue weighted by Crippen LogP contribution is -2.12. The number of hydrogen-bond acceptors (Lipinski definition) is 3. The highest BCUT2D eigenvalue weighted by molar-refractivity contribution is 5.72. The van der Waals surface area contributed by atoms with Gasteiger partial charge in [-0.2, -0.15) is 0 Å². The van der Waals surface area contributed by atoms with Gasteiger partial charge in [-0.15, -0.1) is 0 Å². The Morgan fingerprint density at radius 3 is 2.56 bits per heavy atom. The zero-order valence-electron chi connectivity index (χ0n) is 9.24. The first-order valence-electron chi connectivity index (χ1n) is 5.20. The molecule has 16 heavy (non-hydrogen) atoms. The third-order valence-electron chi connectivity index (χ3n) is 1.96. The molecule has 0 aromatic heterocycles. The molecule has 0 aliphatic rings. The first-order chi connectivity index (χ1) is 7.72. The van der Waals surface area contributed by atoms with Gasteiger partial charge in [0.1, 0.15) is 12.4 Å². The van der Waals surface area contributed by atoms with Crippen LogP contribution in [0.25, 0.3) is 0 Å². The van der Waals surface area contributed by atoms with E-state index in [0.717, 1.165) is 5.56 Å². The summed E-state index contributed by atoms with van der Waals surface area (Å²) < 4.78 is 22.5. The van der Waals surface area contributed by atoms with Crippen LogP contribution in [0.3, 0.4) is 0 Å². The van der Waals surface area contributed by atoms with Crippen LogP contribution in [0.2, 0.25) is 0 Å². The molecular formula is C12H15FO3. The molecule has 3 nitrogen and oxygen atoms in total. The van der Waals surface area contributed by atoms with Crippen molar-refractivity contribution in [3.8, 4) is 0 Å². The molecule has 1 aromatic carbocycles. The fourth-order valence-electron chi connectivity index (χ4n) is 1.18. The Labute approximate surface area is 94.2 Å². The van der Waals surface area contributed by atoms with Gasteiger partial charge in [0.15, 0.2) is 0 Å². The maximum absolute atomic E-state index is 12.6. The summed E-state index contributed by atoms with van der Waals surface area (Å²) in [6.45, 7) is 3.15. The van der Waals surface area contributed by atoms with E-state index in [-0.39, 0.29) is 24.8 Å². The molecule has 0 N–H and O–H groups in total. The largest absolute Gasteiger partial charge is 0.463 e. The van der Waals surface area contributed by atoms with Crippen LogP contribution < -0.4 is 0 Å². The second kappa shape index (κ2) is 6.95. The lowest BCUT2D eigenvalue weighted by molar-refractivity contribution is -0.144. The smallest absolute Gasteiger partial charge is 0.310 e. The van der Waals surface area contributed by atoms with E-state index in [2.05, 4.69) is 0 Å². The quantitative estimate of drug-likeness (QED) is 0.549. The topological polar surface area (TPSA) is 35.5 Å². The predicted octanol–water partition coefficient (Wildman–Crippen LogP) is 1.95. The van der Waals surface area contributed by atoms with Crippen LogP contribution >= 0.6 is 0 Å². The maximum atomic E-state index is 12.6. The molecule has 0 aliphatic carbocycles. The van der Waals surface area contributed by atoms with Crippen molar-refractivity contribution in [3.63, 3.8) is 0 Å². The zero-order chi connectivity index (χ0) is 11.8. The molecular weight excluding hydrogens is 211 g/mol. The summed E-state index contributed by atoms with van der Waals surface area (Å²) in [6.07, 6.45) is 0.159. The minimum Gasteiger partial charge on any atom is -0.463 e. The van der Waals surface area contributed by atoms with Crippen LogP contribution in [0.5, 0.6) is 0 Å². The Bertz CT molecular complexity index is 322. The molecule has 0 bridgehead atoms. The van der Waals surface area contributed by atoms with Gasteiger partial charge in [0, 0.05) is 6.61 Å². The third-order valence-corrected chi connectivity index (χ3v) is 1.96. The van der Waals surface area contributed by atoms with Gasteiger partial charge in [-0.05, 0) is 24.6 Å². The van der Waals surface area contributed by atoms with Crippen molar-refractivity contribution >= 4 is 5.97 Å². The predicted molar refractivity (Wildman–Crippen MR) is 57.6 cm³/mol. The fraction of sp³-hybridized carbons (Fsp3) is 0.417. The molecule has 0 amide bonds. The van der Waals surface area contributed by atoms with Crippen LogP contribution in [0, 0.1) is 5.82 Å². The van der Waals surface area contributed by atoms with Gasteiger partial charge in [0.25, 0.3) is 0 Å². The standard InChI is InChI=1S/C12H15FO3/c1-2-15-7-8-16-12(14)9-10-3-5-11(13)6-4-10/h3-6H,2,7-9H2,1H3. The second-order valence-corrected chi connectivity index (χ2v) is 3.22. The monoisotopic (exact) mass is 226 g/mol. The number of rotatable bonds is 6. The van der Waals surface area contributed by atoms with Crippen molar-refractivity contribution in [2.45, 2.75) is 13.3 Å². The normalized spacial score (nSPS) is 10.1. The summed E-state index contributed by atoms with van der Waals surface area (Å²) in [5, 5.41) is 0. The molecule has 1 rings (SSSR count). The van der Waals surface area contributed by atoms with Crippen LogP contribution in [0.15, 0.2) is 24.3 Å². The van der Waals surface area contributed by atoms with Gasteiger partial charge in [-0.25, -0.2) is 4.39 Å². The van der Waals surface area contributed by atoms with Crippen molar-refractivity contribution in [2.24, 2.45) is 0 Å². The number of benzene rings is 1. The van der Waals surface area contributed by atoms with Gasteiger partial charge < -0.3 is 9.47 Å². The number of halogens is 1. The van der Waals surface area contributed by atoms with Crippen molar-refractivity contribution in [2.75, 3.05) is 19.8 Å². The van der Waals surface area contributed by atoms with Crippen LogP contribution in [-0.2, 0) is 20.7 Å². The molecule has 4 heteroatoms. The molecule has 1 aromatic rings. The van der Waals surface area contributed by atoms with E-state index in [0.29, 0.717) is 13.2 Å². The van der Waals surface area contributed by atoms with Crippen molar-refractivity contribution in [1.82, 2.24) is 0 Å². The van der Waals surface area contributed by atoms with Crippen molar-refractivity contribution < 1.29 is 18.7 Å². The molecule has 0 saturated heterocycles. The number of ether oxygens (including phenoxy) is 2. The lowest BCUT2D eigenvalue weighted by atomic mass is 10.1. The van der Waals surface area contributed by atoms with Gasteiger partial charge in [0.05, 0.1) is 13.0 Å². The Morgan fingerprint density at radius 2 is 1.94 bits per heavy atom. The van der Waals surface area contributed by atoms with E-state index in [4.69, 9.17) is 9.47 Å². The summed E-state index contributed by atoms with van der Waals surface area (Å²) in [4.78, 5) is 11.3. The number of carbonyl (C=O) groups excluding carboxylic acids is 1. The molecule has 0 heterocycles. The first kappa shape index (κ1) is 12.6. The summed E-state index contributed by atoms with van der Waals surface area (Å²) in [6, 6.07) is 5.78. The van der Waals surface area contributed by atoms with Gasteiger partial charge in [-0.1, -0.05) is 12.1 Å². The summed E-state index contributed by atoms with van der Waals surface area (Å²) in [5.41, 5.74) is 0.739. The minimum atomic E-state index is -0.327. The zero-order valence-corrected chi connectivity index (χ0v) is 9.24. The average molecular weight is 226 g/mol. The van der Waals surface area contributed by atoms with Gasteiger partial charge in [0.2, 0.25) is 0 Å². The number of hydrogen-bond donors (Lipinski definition) is 0. The summed E-state index contributed by atoms with van der Waals surface area (Å²) >= 11 is 0. The Morgan fingerprint density at radius 1 is 1.25 bits per heavy atom. The van der Waals surface area contributed by atoms with Crippen LogP contribution in [0.1, 0.15) is 12.5 Å². The summed E-state index contributed by atoms with van der Waals surface area (Å²) in [7, 11) is 0. The average Bonchev–Trinajstić information content (AvgIpc) is 2.28. The Hall–Kier alpha value is -1.42. The number of carbonyl (C=O) groups is 1. The van der Waals surface area contributed by atoms with Gasteiger partial charge >= 0.3 is 5.97 Å². The van der Waals surface area contributed by atoms with E-state index in [9.17, 15) is 9.18 Å². The van der Waals surface area contributed by atoms with Crippen LogP contribution in [0.4, 0.5) is 4.39 Å². The Kier molecular flexibility index (Phi) is 5.50. The first-order valence-corrected chi connectivity index (χ1v) is 5.20. The van der Waals surface area contributed by atoms with E-state index in [1.54, 1.807) is 12.1 Å². The molecule has 0 atom stereocenters. The molecule has 0 fully saturated rings. The molecule has 0 radical (unpaired) electrons. The van der Waals surface area contributed by atoms with Crippen molar-refractivity contribution in [3.05, 3.63) is 35.6 Å². The maximum Gasteiger partial charge on any atom is 0.310 e. The van der Waals surface area contributed by atoms with Crippen molar-refractivity contribution in [1.29, 1.82) is 0 Å². The third kappa shape index (κ3) is 4.89. The minimum absolute atomic E-state index is 0.159. The molecule has 88 valence electrons. The Balaban J connectivity index is 2.26. The highest BCUT2D eigenvalue weighted by atomic mass is 19.1. The molecule has 0 unspecified atom stereocenters. The molecule has 0 spiro atoms. The highest BCUT2D eigenvalue weighted by Gasteiger charge is 2.04. The van der Waals surface area contributed by atoms with E-state index in [1.807, 2.05) is 6.92 Å². The molecule has 0 aliphatic heterocycles. The van der Waals surface area contributed by atoms with Crippen LogP contribution in [-0.4, -0.2) is 25.8 Å². The van der Waals surface area contributed by atoms with E-state index < -0.39 is 0 Å². The molecule has 0 saturated carbocycles. The highest BCUT2D eigenvalue weighted by Crippen LogP contribution is 2.04. The lowest BCUT2D eigenvalue weighted by Gasteiger charge is -2.04. The van der Waals surface area contributed by atoms with E-state index in [1.165, 1.54) is 12.1 Å². The fourth-order valence-corrected chi connectivity index (χ4v) is 1.18. The van der Waals surface area contributed by atoms with Gasteiger partial charge in [-0.3, -0.25) is 4.79 Å². The second-order valence-electron chi connectivity index (χ2n) is 3.22. The number of esters is 1. The van der Waals surface area contributed by atoms with E-state index >= 15 is 0 Å². The summed E-state index contributed by atoms with van der Waals surface area (Å²) in [5.74, 6) is -0.639. The SMILES string of the molecule is CCOCCOC(=O)Cc1ccc(F)cc1.